The molecular weight excluding hydrogens is 224 g/mol. The van der Waals surface area contributed by atoms with Gasteiger partial charge in [0.15, 0.2) is 0 Å². The number of aromatic nitrogens is 3. The summed E-state index contributed by atoms with van der Waals surface area (Å²) in [4.78, 5) is 4.02. The third-order valence-corrected chi connectivity index (χ3v) is 3.06. The molecule has 0 amide bonds. The topological polar surface area (TPSA) is 46.5 Å². The molecule has 0 aliphatic heterocycles. The van der Waals surface area contributed by atoms with Gasteiger partial charge in [0.05, 0.1) is 18.0 Å². The summed E-state index contributed by atoms with van der Waals surface area (Å²) >= 11 is 0. The van der Waals surface area contributed by atoms with Gasteiger partial charge in [-0.1, -0.05) is 0 Å². The number of nitrogens with zero attached hydrogens (tertiary/aromatic N) is 4. The summed E-state index contributed by atoms with van der Waals surface area (Å²) in [7, 11) is 0. The first-order valence-electron chi connectivity index (χ1n) is 5.81. The van der Waals surface area contributed by atoms with E-state index in [1.54, 1.807) is 6.20 Å². The van der Waals surface area contributed by atoms with E-state index < -0.39 is 0 Å². The zero-order chi connectivity index (χ0) is 12.4. The van der Waals surface area contributed by atoms with Crippen LogP contribution in [0.5, 0.6) is 0 Å². The van der Waals surface area contributed by atoms with Crippen molar-refractivity contribution in [1.29, 1.82) is 5.26 Å². The van der Waals surface area contributed by atoms with Gasteiger partial charge in [0.2, 0.25) is 0 Å². The van der Waals surface area contributed by atoms with Crippen molar-refractivity contribution in [3.63, 3.8) is 0 Å². The number of fused-ring (bicyclic) bond motifs is 1. The van der Waals surface area contributed by atoms with Crippen LogP contribution in [0.1, 0.15) is 5.56 Å². The fourth-order valence-electron chi connectivity index (χ4n) is 2.11. The van der Waals surface area contributed by atoms with Crippen molar-refractivity contribution in [3.8, 4) is 6.07 Å². The van der Waals surface area contributed by atoms with Crippen LogP contribution in [0.3, 0.4) is 0 Å². The van der Waals surface area contributed by atoms with Gasteiger partial charge in [-0.25, -0.2) is 4.98 Å². The van der Waals surface area contributed by atoms with Crippen molar-refractivity contribution < 1.29 is 0 Å². The molecule has 4 heteroatoms. The highest BCUT2D eigenvalue weighted by Gasteiger charge is 2.02. The van der Waals surface area contributed by atoms with Gasteiger partial charge < -0.3 is 9.13 Å². The lowest BCUT2D eigenvalue weighted by Gasteiger charge is -2.06. The van der Waals surface area contributed by atoms with Crippen LogP contribution in [0.4, 0.5) is 0 Å². The average Bonchev–Trinajstić information content (AvgIpc) is 3.05. The number of imidazole rings is 1. The highest BCUT2D eigenvalue weighted by Crippen LogP contribution is 2.17. The molecule has 0 fully saturated rings. The van der Waals surface area contributed by atoms with E-state index in [0.717, 1.165) is 24.0 Å². The average molecular weight is 236 g/mol. The second kappa shape index (κ2) is 4.38. The van der Waals surface area contributed by atoms with Gasteiger partial charge in [-0.15, -0.1) is 0 Å². The third kappa shape index (κ3) is 1.87. The number of hydrogen-bond donors (Lipinski definition) is 0. The lowest BCUT2D eigenvalue weighted by molar-refractivity contribution is 0.592. The van der Waals surface area contributed by atoms with Gasteiger partial charge in [0.1, 0.15) is 0 Å². The minimum atomic E-state index is 0.704. The Kier molecular flexibility index (Phi) is 2.58. The van der Waals surface area contributed by atoms with Crippen LogP contribution in [-0.4, -0.2) is 14.1 Å². The number of hydrogen-bond acceptors (Lipinski definition) is 2. The van der Waals surface area contributed by atoms with Crippen LogP contribution in [0, 0.1) is 11.3 Å². The maximum Gasteiger partial charge on any atom is 0.0991 e. The minimum absolute atomic E-state index is 0.704. The van der Waals surface area contributed by atoms with E-state index in [4.69, 9.17) is 5.26 Å². The van der Waals surface area contributed by atoms with Gasteiger partial charge in [-0.05, 0) is 24.3 Å². The summed E-state index contributed by atoms with van der Waals surface area (Å²) in [6.45, 7) is 1.79. The summed E-state index contributed by atoms with van der Waals surface area (Å²) in [6, 6.07) is 9.99. The molecule has 18 heavy (non-hydrogen) atoms. The van der Waals surface area contributed by atoms with Gasteiger partial charge >= 0.3 is 0 Å². The predicted molar refractivity (Wildman–Crippen MR) is 68.9 cm³/mol. The van der Waals surface area contributed by atoms with Gasteiger partial charge in [0, 0.05) is 42.6 Å². The molecular formula is C14H12N4. The SMILES string of the molecule is N#Cc1ccc2c(ccn2CCn2ccnc2)c1. The second-order valence-corrected chi connectivity index (χ2v) is 4.20. The second-order valence-electron chi connectivity index (χ2n) is 4.20. The summed E-state index contributed by atoms with van der Waals surface area (Å²) < 4.78 is 4.24. The molecule has 0 bridgehead atoms. The summed E-state index contributed by atoms with van der Waals surface area (Å²) in [6.07, 6.45) is 7.62. The van der Waals surface area contributed by atoms with E-state index in [0.29, 0.717) is 5.56 Å². The lowest BCUT2D eigenvalue weighted by atomic mass is 10.2. The molecule has 3 rings (SSSR count). The molecule has 0 unspecified atom stereocenters. The molecule has 88 valence electrons. The lowest BCUT2D eigenvalue weighted by Crippen LogP contribution is -2.04. The van der Waals surface area contributed by atoms with Crippen LogP contribution < -0.4 is 0 Å². The molecule has 0 atom stereocenters. The Bertz CT molecular complexity index is 701. The van der Waals surface area contributed by atoms with Crippen LogP contribution in [-0.2, 0) is 13.1 Å². The fraction of sp³-hybridized carbons (Fsp3) is 0.143. The molecule has 0 aliphatic rings. The molecule has 0 saturated heterocycles. The number of rotatable bonds is 3. The van der Waals surface area contributed by atoms with Gasteiger partial charge in [0.25, 0.3) is 0 Å². The Labute approximate surface area is 105 Å². The number of aryl methyl sites for hydroxylation is 2. The highest BCUT2D eigenvalue weighted by atomic mass is 15.1. The molecule has 0 saturated carbocycles. The van der Waals surface area contributed by atoms with Crippen LogP contribution in [0.2, 0.25) is 0 Å². The molecule has 1 aromatic carbocycles. The van der Waals surface area contributed by atoms with Gasteiger partial charge in [-0.2, -0.15) is 5.26 Å². The molecule has 3 aromatic rings. The van der Waals surface area contributed by atoms with Crippen LogP contribution in [0.25, 0.3) is 10.9 Å². The van der Waals surface area contributed by atoms with E-state index in [9.17, 15) is 0 Å². The third-order valence-electron chi connectivity index (χ3n) is 3.06. The van der Waals surface area contributed by atoms with E-state index in [1.165, 1.54) is 0 Å². The van der Waals surface area contributed by atoms with Crippen LogP contribution >= 0.6 is 0 Å². The first kappa shape index (κ1) is 10.6. The maximum absolute atomic E-state index is 8.87. The summed E-state index contributed by atoms with van der Waals surface area (Å²) in [5.41, 5.74) is 1.86. The molecule has 0 spiro atoms. The quantitative estimate of drug-likeness (QED) is 0.701. The molecule has 4 nitrogen and oxygen atoms in total. The zero-order valence-electron chi connectivity index (χ0n) is 9.82. The van der Waals surface area contributed by atoms with Crippen molar-refractivity contribution in [2.75, 3.05) is 0 Å². The minimum Gasteiger partial charge on any atom is -0.346 e. The Morgan fingerprint density at radius 1 is 1.17 bits per heavy atom. The predicted octanol–water partition coefficient (Wildman–Crippen LogP) is 2.41. The van der Waals surface area contributed by atoms with E-state index >= 15 is 0 Å². The van der Waals surface area contributed by atoms with Gasteiger partial charge in [-0.3, -0.25) is 0 Å². The van der Waals surface area contributed by atoms with E-state index in [-0.39, 0.29) is 0 Å². The monoisotopic (exact) mass is 236 g/mol. The fourth-order valence-corrected chi connectivity index (χ4v) is 2.11. The van der Waals surface area contributed by atoms with Crippen molar-refractivity contribution in [1.82, 2.24) is 14.1 Å². The van der Waals surface area contributed by atoms with Crippen LogP contribution in [0.15, 0.2) is 49.2 Å². The molecule has 2 heterocycles. The molecule has 0 radical (unpaired) electrons. The van der Waals surface area contributed by atoms with Crippen molar-refractivity contribution in [2.45, 2.75) is 13.1 Å². The normalized spacial score (nSPS) is 10.6. The summed E-state index contributed by atoms with van der Waals surface area (Å²) in [5.74, 6) is 0. The maximum atomic E-state index is 8.87. The Morgan fingerprint density at radius 3 is 2.89 bits per heavy atom. The Morgan fingerprint density at radius 2 is 2.11 bits per heavy atom. The Balaban J connectivity index is 1.87. The molecule has 0 N–H and O–H groups in total. The van der Waals surface area contributed by atoms with Crippen molar-refractivity contribution >= 4 is 10.9 Å². The first-order valence-corrected chi connectivity index (χ1v) is 5.81. The number of nitriles is 1. The number of benzene rings is 1. The van der Waals surface area contributed by atoms with E-state index in [1.807, 2.05) is 36.8 Å². The molecule has 0 aliphatic carbocycles. The summed E-state index contributed by atoms with van der Waals surface area (Å²) in [5, 5.41) is 9.98. The molecule has 2 aromatic heterocycles. The largest absolute Gasteiger partial charge is 0.346 e. The first-order chi connectivity index (χ1) is 8.86. The van der Waals surface area contributed by atoms with Crippen molar-refractivity contribution in [2.24, 2.45) is 0 Å². The van der Waals surface area contributed by atoms with E-state index in [2.05, 4.69) is 26.4 Å². The highest BCUT2D eigenvalue weighted by molar-refractivity contribution is 5.81. The smallest absolute Gasteiger partial charge is 0.0991 e. The Hall–Kier alpha value is -2.54. The zero-order valence-corrected chi connectivity index (χ0v) is 9.82. The van der Waals surface area contributed by atoms with Crippen molar-refractivity contribution in [3.05, 3.63) is 54.7 Å². The standard InChI is InChI=1S/C14H12N4/c15-10-12-1-2-14-13(9-12)3-5-18(14)8-7-17-6-4-16-11-17/h1-6,9,11H,7-8H2.